The number of aryl methyl sites for hydroxylation is 1. The lowest BCUT2D eigenvalue weighted by atomic mass is 10.2. The van der Waals surface area contributed by atoms with Gasteiger partial charge in [0.15, 0.2) is 22.7 Å². The molecule has 1 N–H and O–H groups in total. The normalized spacial score (nSPS) is 13.8. The highest BCUT2D eigenvalue weighted by Crippen LogP contribution is 2.37. The molecule has 1 fully saturated rings. The number of fused-ring (bicyclic) bond motifs is 1. The number of amides is 3. The summed E-state index contributed by atoms with van der Waals surface area (Å²) in [5.74, 6) is -0.688. The number of hydrogen-bond donors (Lipinski definition) is 1. The molecule has 1 saturated heterocycles. The Morgan fingerprint density at radius 2 is 1.78 bits per heavy atom. The third-order valence-corrected chi connectivity index (χ3v) is 10.1. The van der Waals surface area contributed by atoms with E-state index in [1.165, 1.54) is 48.2 Å². The van der Waals surface area contributed by atoms with Gasteiger partial charge >= 0.3 is 11.7 Å². The van der Waals surface area contributed by atoms with Gasteiger partial charge in [0.2, 0.25) is 5.91 Å². The molecule has 0 radical (unpaired) electrons. The molecule has 1 aliphatic rings. The molecule has 0 saturated carbocycles. The molecule has 262 valence electrons. The van der Waals surface area contributed by atoms with Crippen LogP contribution in [0.2, 0.25) is 10.0 Å². The predicted octanol–water partition coefficient (Wildman–Crippen LogP) is 5.99. The largest absolute Gasteiger partial charge is 0.493 e. The van der Waals surface area contributed by atoms with Crippen molar-refractivity contribution >= 4 is 86.7 Å². The maximum atomic E-state index is 13.4. The van der Waals surface area contributed by atoms with Gasteiger partial charge in [-0.1, -0.05) is 41.4 Å². The van der Waals surface area contributed by atoms with Crippen LogP contribution in [0.1, 0.15) is 11.1 Å². The number of carbonyl (C=O) groups excluding carboxylic acids is 3. The van der Waals surface area contributed by atoms with Crippen LogP contribution in [-0.2, 0) is 30.2 Å². The van der Waals surface area contributed by atoms with Crippen LogP contribution in [0.15, 0.2) is 80.1 Å². The smallest absolute Gasteiger partial charge is 0.332 e. The summed E-state index contributed by atoms with van der Waals surface area (Å²) in [6.45, 7) is -0.396. The number of ether oxygens (including phenoxy) is 2. The quantitative estimate of drug-likeness (QED) is 0.133. The average molecular weight is 768 g/mol. The molecule has 0 bridgehead atoms. The van der Waals surface area contributed by atoms with E-state index >= 15 is 0 Å². The zero-order chi connectivity index (χ0) is 36.6. The summed E-state index contributed by atoms with van der Waals surface area (Å²) in [4.78, 5) is 71.2. The average Bonchev–Trinajstić information content (AvgIpc) is 3.59. The highest BCUT2D eigenvalue weighted by Gasteiger charge is 2.36. The second kappa shape index (κ2) is 14.7. The first-order valence-electron chi connectivity index (χ1n) is 15.0. The molecule has 0 spiro atoms. The molecule has 0 aliphatic carbocycles. The first kappa shape index (κ1) is 35.9. The molecule has 17 heteroatoms. The minimum absolute atomic E-state index is 0.0278. The van der Waals surface area contributed by atoms with Crippen LogP contribution in [-0.4, -0.2) is 60.5 Å². The number of nitrogens with one attached hydrogen (secondary N) is 1. The van der Waals surface area contributed by atoms with Gasteiger partial charge in [-0.15, -0.1) is 11.8 Å². The number of imide groups is 1. The molecule has 3 heterocycles. The minimum Gasteiger partial charge on any atom is -0.493 e. The standard InChI is InChI=1S/C34H28Cl2N6O7S2/c1-39-29-28(31(45)40(2)33(39)46)41(16-19-9-10-20(35)14-23(19)36)32(38-29)49-24-11-8-18(12-25(24)48-3)13-26-30(44)42(34(47)51-26)17-27(43)37-21-6-5-7-22(15-21)50-4/h5-15H,16-17H2,1-4H3,(H,37,43). The zero-order valence-corrected chi connectivity index (χ0v) is 30.6. The molecular weight excluding hydrogens is 739 g/mol. The van der Waals surface area contributed by atoms with Gasteiger partial charge in [-0.3, -0.25) is 37.8 Å². The molecule has 6 rings (SSSR count). The molecule has 0 atom stereocenters. The van der Waals surface area contributed by atoms with Crippen molar-refractivity contribution in [1.82, 2.24) is 23.6 Å². The van der Waals surface area contributed by atoms with Crippen LogP contribution in [0.3, 0.4) is 0 Å². The number of methoxy groups -OCH3 is 1. The summed E-state index contributed by atoms with van der Waals surface area (Å²) in [7, 11) is 4.28. The second-order valence-corrected chi connectivity index (χ2v) is 13.9. The Hall–Kier alpha value is -4.96. The van der Waals surface area contributed by atoms with Crippen molar-refractivity contribution in [3.8, 4) is 17.5 Å². The zero-order valence-electron chi connectivity index (χ0n) is 27.4. The van der Waals surface area contributed by atoms with Crippen molar-refractivity contribution in [2.75, 3.05) is 25.2 Å². The number of nitrogens with zero attached hydrogens (tertiary/aromatic N) is 5. The molecule has 13 nitrogen and oxygen atoms in total. The van der Waals surface area contributed by atoms with Crippen LogP contribution in [0.25, 0.3) is 17.2 Å². The number of imidazole rings is 1. The van der Waals surface area contributed by atoms with Gasteiger partial charge in [0.1, 0.15) is 6.54 Å². The van der Waals surface area contributed by atoms with Gasteiger partial charge in [0, 0.05) is 34.7 Å². The van der Waals surface area contributed by atoms with Crippen molar-refractivity contribution in [3.05, 3.63) is 108 Å². The van der Waals surface area contributed by atoms with E-state index in [-0.39, 0.29) is 40.1 Å². The molecule has 0 unspecified atom stereocenters. The summed E-state index contributed by atoms with van der Waals surface area (Å²) in [5, 5.41) is 2.93. The van der Waals surface area contributed by atoms with Gasteiger partial charge in [-0.25, -0.2) is 4.79 Å². The number of anilines is 1. The Morgan fingerprint density at radius 3 is 2.51 bits per heavy atom. The van der Waals surface area contributed by atoms with Gasteiger partial charge in [-0.2, -0.15) is 4.98 Å². The Morgan fingerprint density at radius 1 is 1.00 bits per heavy atom. The number of halogens is 2. The molecule has 3 amide bonds. The molecule has 5 aromatic rings. The molecule has 51 heavy (non-hydrogen) atoms. The van der Waals surface area contributed by atoms with E-state index in [9.17, 15) is 24.0 Å². The summed E-state index contributed by atoms with van der Waals surface area (Å²) in [6, 6.07) is 16.9. The van der Waals surface area contributed by atoms with Crippen LogP contribution in [0.4, 0.5) is 10.5 Å². The third-order valence-electron chi connectivity index (χ3n) is 7.87. The maximum absolute atomic E-state index is 13.4. The third kappa shape index (κ3) is 7.28. The van der Waals surface area contributed by atoms with Crippen LogP contribution < -0.4 is 26.0 Å². The fraction of sp³-hybridized carbons (Fsp3) is 0.176. The van der Waals surface area contributed by atoms with Crippen molar-refractivity contribution in [2.24, 2.45) is 14.1 Å². The predicted molar refractivity (Wildman–Crippen MR) is 198 cm³/mol. The number of thioether (sulfide) groups is 2. The van der Waals surface area contributed by atoms with E-state index in [1.807, 2.05) is 12.3 Å². The number of rotatable bonds is 10. The molecular formula is C34H28Cl2N6O7S2. The first-order valence-corrected chi connectivity index (χ1v) is 17.8. The Labute approximate surface area is 308 Å². The van der Waals surface area contributed by atoms with Crippen molar-refractivity contribution in [1.29, 1.82) is 0 Å². The summed E-state index contributed by atoms with van der Waals surface area (Å²) in [6.07, 6.45) is 3.42. The maximum Gasteiger partial charge on any atom is 0.332 e. The van der Waals surface area contributed by atoms with Crippen LogP contribution in [0.5, 0.6) is 17.5 Å². The number of benzene rings is 3. The Bertz CT molecular complexity index is 2410. The summed E-state index contributed by atoms with van der Waals surface area (Å²) < 4.78 is 15.5. The molecule has 1 aliphatic heterocycles. The highest BCUT2D eigenvalue weighted by molar-refractivity contribution is 8.18. The second-order valence-electron chi connectivity index (χ2n) is 11.2. The topological polar surface area (TPSA) is 147 Å². The number of aromatic nitrogens is 4. The van der Waals surface area contributed by atoms with Gasteiger partial charge < -0.3 is 14.8 Å². The van der Waals surface area contributed by atoms with Crippen LogP contribution in [0, 0.1) is 0 Å². The first-order chi connectivity index (χ1) is 24.4. The van der Waals surface area contributed by atoms with E-state index in [0.29, 0.717) is 38.6 Å². The lowest BCUT2D eigenvalue weighted by Crippen LogP contribution is -2.37. The number of carbonyl (C=O) groups is 3. The van der Waals surface area contributed by atoms with Gasteiger partial charge in [-0.05, 0) is 77.7 Å². The number of hydrogen-bond acceptors (Lipinski definition) is 10. The molecule has 3 aromatic carbocycles. The van der Waals surface area contributed by atoms with Gasteiger partial charge in [0.25, 0.3) is 16.7 Å². The monoisotopic (exact) mass is 766 g/mol. The van der Waals surface area contributed by atoms with Crippen LogP contribution >= 0.6 is 46.7 Å². The van der Waals surface area contributed by atoms with Crippen molar-refractivity contribution < 1.29 is 23.9 Å². The Kier molecular flexibility index (Phi) is 10.3. The fourth-order valence-corrected chi connectivity index (χ4v) is 7.03. The highest BCUT2D eigenvalue weighted by atomic mass is 35.5. The summed E-state index contributed by atoms with van der Waals surface area (Å²) >= 11 is 14.8. The molecule has 2 aromatic heterocycles. The fourth-order valence-electron chi connectivity index (χ4n) is 5.26. The minimum atomic E-state index is -0.612. The lowest BCUT2D eigenvalue weighted by Gasteiger charge is -2.14. The van der Waals surface area contributed by atoms with E-state index < -0.39 is 34.8 Å². The van der Waals surface area contributed by atoms with Crippen molar-refractivity contribution in [3.63, 3.8) is 0 Å². The summed E-state index contributed by atoms with van der Waals surface area (Å²) in [5.41, 5.74) is 0.714. The van der Waals surface area contributed by atoms with Gasteiger partial charge in [0.05, 0.1) is 18.6 Å². The van der Waals surface area contributed by atoms with E-state index in [1.54, 1.807) is 54.6 Å². The van der Waals surface area contributed by atoms with E-state index in [0.717, 1.165) is 14.4 Å². The SMILES string of the molecule is COc1cc(C=C2SC(=O)N(CC(=O)Nc3cccc(SC)c3)C2=O)ccc1Oc1nc2c(c(=O)n(C)c(=O)n2C)n1Cc1ccc(Cl)cc1Cl. The lowest BCUT2D eigenvalue weighted by molar-refractivity contribution is -0.127. The van der Waals surface area contributed by atoms with E-state index in [4.69, 9.17) is 32.7 Å². The van der Waals surface area contributed by atoms with Crippen molar-refractivity contribution in [2.45, 2.75) is 11.4 Å². The Balaban J connectivity index is 1.28. The van der Waals surface area contributed by atoms with E-state index in [2.05, 4.69) is 10.3 Å².